The monoisotopic (exact) mass is 583 g/mol. The molecule has 0 aliphatic rings. The Balaban J connectivity index is 1.32. The molecule has 1 amide bonds. The van der Waals surface area contributed by atoms with Crippen LogP contribution in [0, 0.1) is 5.92 Å². The van der Waals surface area contributed by atoms with Crippen molar-refractivity contribution in [1.82, 2.24) is 24.8 Å². The molecule has 10 nitrogen and oxygen atoms in total. The zero-order valence-corrected chi connectivity index (χ0v) is 24.5. The van der Waals surface area contributed by atoms with E-state index >= 15 is 0 Å². The van der Waals surface area contributed by atoms with E-state index in [9.17, 15) is 13.2 Å². The Bertz CT molecular complexity index is 1820. The number of para-hydroxylation sites is 3. The van der Waals surface area contributed by atoms with E-state index in [1.165, 1.54) is 6.26 Å². The highest BCUT2D eigenvalue weighted by Gasteiger charge is 2.17. The maximum absolute atomic E-state index is 12.5. The van der Waals surface area contributed by atoms with Gasteiger partial charge in [-0.2, -0.15) is 0 Å². The topological polar surface area (TPSA) is 131 Å². The van der Waals surface area contributed by atoms with E-state index in [0.29, 0.717) is 24.8 Å². The summed E-state index contributed by atoms with van der Waals surface area (Å²) in [6.45, 7) is 4.66. The van der Waals surface area contributed by atoms with Gasteiger partial charge in [0.05, 0.1) is 34.8 Å². The van der Waals surface area contributed by atoms with E-state index in [1.807, 2.05) is 80.6 Å². The molecule has 42 heavy (non-hydrogen) atoms. The molecular formula is C31H33N7O3S. The highest BCUT2D eigenvalue weighted by molar-refractivity contribution is 7.89. The fourth-order valence-corrected chi connectivity index (χ4v) is 5.27. The number of carbonyl (C=O) groups is 1. The average Bonchev–Trinajstić information content (AvgIpc) is 3.32. The number of hydrogen-bond donors (Lipinski definition) is 3. The second-order valence-electron chi connectivity index (χ2n) is 10.4. The molecule has 5 aromatic rings. The van der Waals surface area contributed by atoms with Gasteiger partial charge in [-0.25, -0.2) is 23.4 Å². The Labute approximate surface area is 245 Å². The number of aromatic nitrogens is 4. The van der Waals surface area contributed by atoms with Crippen molar-refractivity contribution in [1.29, 1.82) is 0 Å². The van der Waals surface area contributed by atoms with Gasteiger partial charge in [0.15, 0.2) is 9.84 Å². The molecule has 3 aromatic carbocycles. The molecule has 3 N–H and O–H groups in total. The Morgan fingerprint density at radius 2 is 1.67 bits per heavy atom. The Kier molecular flexibility index (Phi) is 8.60. The van der Waals surface area contributed by atoms with Crippen LogP contribution in [0.5, 0.6) is 0 Å². The number of benzene rings is 3. The molecule has 0 spiro atoms. The van der Waals surface area contributed by atoms with E-state index in [2.05, 4.69) is 30.5 Å². The van der Waals surface area contributed by atoms with Crippen LogP contribution in [0.4, 0.5) is 17.3 Å². The number of imidazole rings is 1. The summed E-state index contributed by atoms with van der Waals surface area (Å²) >= 11 is 0. The summed E-state index contributed by atoms with van der Waals surface area (Å²) in [4.78, 5) is 26.4. The van der Waals surface area contributed by atoms with Gasteiger partial charge in [0.2, 0.25) is 11.9 Å². The fraction of sp³-hybridized carbons (Fsp3) is 0.226. The summed E-state index contributed by atoms with van der Waals surface area (Å²) in [5.41, 5.74) is 5.64. The van der Waals surface area contributed by atoms with Crippen LogP contribution in [0.15, 0.2) is 85.1 Å². The number of nitrogens with one attached hydrogen (secondary N) is 3. The van der Waals surface area contributed by atoms with Crippen molar-refractivity contribution in [3.05, 3.63) is 96.3 Å². The van der Waals surface area contributed by atoms with Crippen molar-refractivity contribution >= 4 is 44.1 Å². The third-order valence-electron chi connectivity index (χ3n) is 6.53. The minimum Gasteiger partial charge on any atom is -0.325 e. The van der Waals surface area contributed by atoms with Gasteiger partial charge in [0.25, 0.3) is 0 Å². The van der Waals surface area contributed by atoms with Crippen molar-refractivity contribution < 1.29 is 13.2 Å². The molecule has 0 saturated carbocycles. The lowest BCUT2D eigenvalue weighted by Crippen LogP contribution is -2.21. The highest BCUT2D eigenvalue weighted by atomic mass is 32.2. The molecule has 2 heterocycles. The van der Waals surface area contributed by atoms with Gasteiger partial charge in [0.1, 0.15) is 5.82 Å². The smallest absolute Gasteiger partial charge is 0.227 e. The van der Waals surface area contributed by atoms with Crippen molar-refractivity contribution in [3.8, 4) is 11.4 Å². The molecule has 0 bridgehead atoms. The van der Waals surface area contributed by atoms with E-state index in [4.69, 9.17) is 4.98 Å². The van der Waals surface area contributed by atoms with E-state index < -0.39 is 9.84 Å². The molecule has 0 fully saturated rings. The van der Waals surface area contributed by atoms with Crippen LogP contribution in [0.1, 0.15) is 25.1 Å². The van der Waals surface area contributed by atoms with Gasteiger partial charge in [-0.3, -0.25) is 10.1 Å². The van der Waals surface area contributed by atoms with Gasteiger partial charge in [-0.05, 0) is 48.0 Å². The van der Waals surface area contributed by atoms with Crippen molar-refractivity contribution in [2.75, 3.05) is 16.9 Å². The van der Waals surface area contributed by atoms with Gasteiger partial charge in [-0.1, -0.05) is 50.2 Å². The SMILES string of the molecule is CC(C)C(=O)Nc1ccccc1-c1nc2ccccc2n1CNCc1ccnc(Nc2ccc(CS(C)(=O)=O)cc2)n1. The van der Waals surface area contributed by atoms with E-state index in [-0.39, 0.29) is 17.6 Å². The second kappa shape index (κ2) is 12.5. The molecule has 0 radical (unpaired) electrons. The van der Waals surface area contributed by atoms with Crippen LogP contribution < -0.4 is 16.0 Å². The van der Waals surface area contributed by atoms with Crippen LogP contribution in [-0.4, -0.2) is 40.1 Å². The zero-order valence-electron chi connectivity index (χ0n) is 23.7. The van der Waals surface area contributed by atoms with Crippen LogP contribution in [0.3, 0.4) is 0 Å². The molecule has 0 aliphatic carbocycles. The van der Waals surface area contributed by atoms with E-state index in [0.717, 1.165) is 39.4 Å². The van der Waals surface area contributed by atoms with Gasteiger partial charge >= 0.3 is 0 Å². The Hall–Kier alpha value is -4.61. The van der Waals surface area contributed by atoms with Crippen LogP contribution >= 0.6 is 0 Å². The lowest BCUT2D eigenvalue weighted by Gasteiger charge is -2.15. The Morgan fingerprint density at radius 3 is 2.43 bits per heavy atom. The molecule has 0 saturated heterocycles. The molecule has 2 aromatic heterocycles. The number of amides is 1. The molecule has 5 rings (SSSR count). The predicted octanol–water partition coefficient (Wildman–Crippen LogP) is 5.12. The average molecular weight is 584 g/mol. The zero-order chi connectivity index (χ0) is 29.7. The summed E-state index contributed by atoms with van der Waals surface area (Å²) in [5.74, 6) is 0.976. The third-order valence-corrected chi connectivity index (χ3v) is 7.39. The van der Waals surface area contributed by atoms with Gasteiger partial charge < -0.3 is 15.2 Å². The molecule has 0 atom stereocenters. The first-order chi connectivity index (χ1) is 20.2. The summed E-state index contributed by atoms with van der Waals surface area (Å²) in [6.07, 6.45) is 2.91. The minimum absolute atomic E-state index is 0.00296. The van der Waals surface area contributed by atoms with Crippen molar-refractivity contribution in [2.24, 2.45) is 5.92 Å². The first-order valence-corrected chi connectivity index (χ1v) is 15.6. The summed E-state index contributed by atoms with van der Waals surface area (Å²) in [5, 5.41) is 9.68. The van der Waals surface area contributed by atoms with Crippen LogP contribution in [0.2, 0.25) is 0 Å². The van der Waals surface area contributed by atoms with Gasteiger partial charge in [-0.15, -0.1) is 0 Å². The largest absolute Gasteiger partial charge is 0.325 e. The number of rotatable bonds is 11. The Morgan fingerprint density at radius 1 is 0.929 bits per heavy atom. The summed E-state index contributed by atoms with van der Waals surface area (Å²) in [7, 11) is -3.10. The summed E-state index contributed by atoms with van der Waals surface area (Å²) in [6, 6.07) is 24.6. The molecular weight excluding hydrogens is 550 g/mol. The quantitative estimate of drug-likeness (QED) is 0.195. The standard InChI is InChI=1S/C31H33N7O3S/c1-21(2)30(39)37-26-9-5-4-8-25(26)29-36-27-10-6-7-11-28(27)38(29)20-32-18-24-16-17-33-31(35-24)34-23-14-12-22(13-15-23)19-42(3,40)41/h4-17,21,32H,18-20H2,1-3H3,(H,37,39)(H,33,34,35). The molecule has 0 aliphatic heterocycles. The summed E-state index contributed by atoms with van der Waals surface area (Å²) < 4.78 is 25.2. The maximum Gasteiger partial charge on any atom is 0.227 e. The number of fused-ring (bicyclic) bond motifs is 1. The number of hydrogen-bond acceptors (Lipinski definition) is 8. The second-order valence-corrected chi connectivity index (χ2v) is 12.5. The van der Waals surface area contributed by atoms with Crippen molar-refractivity contribution in [3.63, 3.8) is 0 Å². The maximum atomic E-state index is 12.5. The molecule has 11 heteroatoms. The van der Waals surface area contributed by atoms with E-state index in [1.54, 1.807) is 18.3 Å². The lowest BCUT2D eigenvalue weighted by molar-refractivity contribution is -0.118. The van der Waals surface area contributed by atoms with Crippen molar-refractivity contribution in [2.45, 2.75) is 32.8 Å². The van der Waals surface area contributed by atoms with Crippen LogP contribution in [-0.2, 0) is 33.6 Å². The predicted molar refractivity (Wildman–Crippen MR) is 166 cm³/mol. The number of anilines is 3. The van der Waals surface area contributed by atoms with Gasteiger partial charge in [0, 0.05) is 36.2 Å². The first-order valence-electron chi connectivity index (χ1n) is 13.6. The normalized spacial score (nSPS) is 11.6. The number of nitrogens with zero attached hydrogens (tertiary/aromatic N) is 4. The molecule has 216 valence electrons. The number of carbonyl (C=O) groups excluding carboxylic acids is 1. The fourth-order valence-electron chi connectivity index (χ4n) is 4.47. The number of sulfone groups is 1. The third kappa shape index (κ3) is 7.17. The van der Waals surface area contributed by atoms with Crippen LogP contribution in [0.25, 0.3) is 22.4 Å². The highest BCUT2D eigenvalue weighted by Crippen LogP contribution is 2.30. The first kappa shape index (κ1) is 28.9. The lowest BCUT2D eigenvalue weighted by atomic mass is 10.1. The minimum atomic E-state index is -3.10. The molecule has 0 unspecified atom stereocenters.